The summed E-state index contributed by atoms with van der Waals surface area (Å²) in [6, 6.07) is 0.380. The van der Waals surface area contributed by atoms with Crippen LogP contribution in [0.2, 0.25) is 5.02 Å². The minimum absolute atomic E-state index is 0.105. The summed E-state index contributed by atoms with van der Waals surface area (Å²) in [4.78, 5) is 24.6. The van der Waals surface area contributed by atoms with Crippen LogP contribution in [0.3, 0.4) is 0 Å². The van der Waals surface area contributed by atoms with Crippen molar-refractivity contribution in [1.82, 2.24) is 19.8 Å². The molecule has 1 aromatic heterocycles. The minimum atomic E-state index is -0.105. The molecule has 1 aromatic rings. The van der Waals surface area contributed by atoms with E-state index in [1.807, 2.05) is 19.0 Å². The Morgan fingerprint density at radius 1 is 1.47 bits per heavy atom. The van der Waals surface area contributed by atoms with Gasteiger partial charge in [-0.3, -0.25) is 4.79 Å². The van der Waals surface area contributed by atoms with Crippen LogP contribution in [0.15, 0.2) is 6.20 Å². The van der Waals surface area contributed by atoms with E-state index in [0.29, 0.717) is 35.0 Å². The average molecular weight is 283 g/mol. The third kappa shape index (κ3) is 2.87. The Balaban J connectivity index is 2.19. The van der Waals surface area contributed by atoms with Gasteiger partial charge in [0, 0.05) is 19.1 Å². The van der Waals surface area contributed by atoms with E-state index < -0.39 is 0 Å². The van der Waals surface area contributed by atoms with E-state index in [4.69, 9.17) is 11.6 Å². The molecule has 1 fully saturated rings. The fourth-order valence-corrected chi connectivity index (χ4v) is 2.71. The Hall–Kier alpha value is -1.20. The summed E-state index contributed by atoms with van der Waals surface area (Å²) in [5.41, 5.74) is 0.306. The van der Waals surface area contributed by atoms with Crippen molar-refractivity contribution in [2.75, 3.05) is 27.2 Å². The Morgan fingerprint density at radius 3 is 2.74 bits per heavy atom. The summed E-state index contributed by atoms with van der Waals surface area (Å²) < 4.78 is 0. The lowest BCUT2D eigenvalue weighted by Crippen LogP contribution is -2.36. The number of hydrogen-bond acceptors (Lipinski definition) is 4. The van der Waals surface area contributed by atoms with Crippen molar-refractivity contribution < 1.29 is 4.79 Å². The number of aromatic nitrogens is 2. The number of aryl methyl sites for hydroxylation is 1. The highest BCUT2D eigenvalue weighted by Gasteiger charge is 2.35. The highest BCUT2D eigenvalue weighted by molar-refractivity contribution is 6.33. The molecule has 104 valence electrons. The fraction of sp³-hybridized carbons (Fsp3) is 0.615. The number of hydrogen-bond donors (Lipinski definition) is 0. The first-order valence-corrected chi connectivity index (χ1v) is 6.72. The molecule has 5 nitrogen and oxygen atoms in total. The normalized spacial score (nSPS) is 23.2. The summed E-state index contributed by atoms with van der Waals surface area (Å²) in [5.74, 6) is 0.900. The van der Waals surface area contributed by atoms with Crippen molar-refractivity contribution >= 4 is 17.5 Å². The number of likely N-dealkylation sites (tertiary alicyclic amines) is 1. The zero-order valence-corrected chi connectivity index (χ0v) is 12.5. The molecule has 0 saturated carbocycles. The molecule has 1 aliphatic rings. The second kappa shape index (κ2) is 5.43. The molecule has 2 rings (SSSR count). The van der Waals surface area contributed by atoms with Crippen molar-refractivity contribution in [2.24, 2.45) is 5.92 Å². The van der Waals surface area contributed by atoms with E-state index in [1.54, 1.807) is 6.92 Å². The van der Waals surface area contributed by atoms with Gasteiger partial charge in [-0.2, -0.15) is 0 Å². The second-order valence-corrected chi connectivity index (χ2v) is 5.74. The fourth-order valence-electron chi connectivity index (χ4n) is 2.54. The zero-order chi connectivity index (χ0) is 14.2. The van der Waals surface area contributed by atoms with E-state index >= 15 is 0 Å². The number of carbonyl (C=O) groups is 1. The largest absolute Gasteiger partial charge is 0.335 e. The van der Waals surface area contributed by atoms with Crippen molar-refractivity contribution in [3.8, 4) is 0 Å². The summed E-state index contributed by atoms with van der Waals surface area (Å²) in [5, 5.41) is 0.316. The number of amides is 1. The summed E-state index contributed by atoms with van der Waals surface area (Å²) in [6.07, 6.45) is 1.49. The molecular formula is C13H19ClN4O. The molecule has 0 bridgehead atoms. The number of likely N-dealkylation sites (N-methyl/N-ethyl adjacent to an activating group) is 1. The molecule has 0 spiro atoms. The molecule has 19 heavy (non-hydrogen) atoms. The molecule has 0 N–H and O–H groups in total. The van der Waals surface area contributed by atoms with Crippen LogP contribution >= 0.6 is 11.6 Å². The lowest BCUT2D eigenvalue weighted by Gasteiger charge is -2.22. The number of halogens is 1. The van der Waals surface area contributed by atoms with E-state index in [0.717, 1.165) is 6.54 Å². The Labute approximate surface area is 118 Å². The smallest absolute Gasteiger partial charge is 0.274 e. The Kier molecular flexibility index (Phi) is 4.06. The topological polar surface area (TPSA) is 49.3 Å². The van der Waals surface area contributed by atoms with Gasteiger partial charge in [-0.1, -0.05) is 18.5 Å². The highest BCUT2D eigenvalue weighted by Crippen LogP contribution is 2.23. The van der Waals surface area contributed by atoms with Crippen molar-refractivity contribution in [3.63, 3.8) is 0 Å². The summed E-state index contributed by atoms with van der Waals surface area (Å²) in [7, 11) is 4.08. The summed E-state index contributed by atoms with van der Waals surface area (Å²) >= 11 is 6.02. The minimum Gasteiger partial charge on any atom is -0.335 e. The quantitative estimate of drug-likeness (QED) is 0.824. The Morgan fingerprint density at radius 2 is 2.16 bits per heavy atom. The van der Waals surface area contributed by atoms with Crippen molar-refractivity contribution in [2.45, 2.75) is 19.9 Å². The molecule has 1 amide bonds. The van der Waals surface area contributed by atoms with Crippen LogP contribution < -0.4 is 0 Å². The van der Waals surface area contributed by atoms with E-state index in [2.05, 4.69) is 21.8 Å². The van der Waals surface area contributed by atoms with Crippen LogP contribution in [-0.2, 0) is 0 Å². The van der Waals surface area contributed by atoms with Crippen LogP contribution in [0.1, 0.15) is 23.2 Å². The van der Waals surface area contributed by atoms with Gasteiger partial charge in [0.1, 0.15) is 5.82 Å². The molecule has 6 heteroatoms. The van der Waals surface area contributed by atoms with Gasteiger partial charge in [-0.25, -0.2) is 9.97 Å². The van der Waals surface area contributed by atoms with Gasteiger partial charge in [-0.15, -0.1) is 0 Å². The molecule has 1 aliphatic heterocycles. The van der Waals surface area contributed by atoms with Crippen molar-refractivity contribution in [3.05, 3.63) is 22.7 Å². The first kappa shape index (κ1) is 14.2. The third-order valence-electron chi connectivity index (χ3n) is 3.59. The van der Waals surface area contributed by atoms with Crippen LogP contribution in [0, 0.1) is 12.8 Å². The monoisotopic (exact) mass is 282 g/mol. The lowest BCUT2D eigenvalue weighted by atomic mass is 10.1. The van der Waals surface area contributed by atoms with Crippen molar-refractivity contribution in [1.29, 1.82) is 0 Å². The SMILES string of the molecule is Cc1ncc(Cl)c(C(=O)N2C[C@@H](C)[C@@H](N(C)C)C2)n1. The van der Waals surface area contributed by atoms with Gasteiger partial charge >= 0.3 is 0 Å². The molecule has 0 aliphatic carbocycles. The number of nitrogens with zero attached hydrogens (tertiary/aromatic N) is 4. The van der Waals surface area contributed by atoms with Gasteiger partial charge in [0.05, 0.1) is 11.2 Å². The molecule has 2 atom stereocenters. The maximum Gasteiger partial charge on any atom is 0.274 e. The predicted molar refractivity (Wildman–Crippen MR) is 74.3 cm³/mol. The van der Waals surface area contributed by atoms with Crippen LogP contribution in [0.4, 0.5) is 0 Å². The predicted octanol–water partition coefficient (Wildman–Crippen LogP) is 1.46. The van der Waals surface area contributed by atoms with Gasteiger partial charge in [-0.05, 0) is 26.9 Å². The van der Waals surface area contributed by atoms with Crippen LogP contribution in [-0.4, -0.2) is 58.9 Å². The van der Waals surface area contributed by atoms with E-state index in [1.165, 1.54) is 6.20 Å². The number of rotatable bonds is 2. The maximum atomic E-state index is 12.5. The molecule has 0 radical (unpaired) electrons. The van der Waals surface area contributed by atoms with Gasteiger partial charge in [0.25, 0.3) is 5.91 Å². The maximum absolute atomic E-state index is 12.5. The van der Waals surface area contributed by atoms with E-state index in [-0.39, 0.29) is 5.91 Å². The molecular weight excluding hydrogens is 264 g/mol. The summed E-state index contributed by atoms with van der Waals surface area (Å²) in [6.45, 7) is 5.36. The lowest BCUT2D eigenvalue weighted by molar-refractivity contribution is 0.0775. The zero-order valence-electron chi connectivity index (χ0n) is 11.7. The van der Waals surface area contributed by atoms with E-state index in [9.17, 15) is 4.79 Å². The Bertz CT molecular complexity index is 492. The average Bonchev–Trinajstić information content (AvgIpc) is 2.74. The molecule has 1 saturated heterocycles. The molecule has 2 heterocycles. The number of carbonyl (C=O) groups excluding carboxylic acids is 1. The second-order valence-electron chi connectivity index (χ2n) is 5.33. The molecule has 0 unspecified atom stereocenters. The first-order chi connectivity index (χ1) is 8.90. The van der Waals surface area contributed by atoms with Gasteiger partial charge in [0.15, 0.2) is 5.69 Å². The van der Waals surface area contributed by atoms with Gasteiger partial charge < -0.3 is 9.80 Å². The third-order valence-corrected chi connectivity index (χ3v) is 3.87. The van der Waals surface area contributed by atoms with Crippen LogP contribution in [0.5, 0.6) is 0 Å². The highest BCUT2D eigenvalue weighted by atomic mass is 35.5. The standard InChI is InChI=1S/C13H19ClN4O/c1-8-6-18(7-11(8)17(3)4)13(19)12-10(14)5-15-9(2)16-12/h5,8,11H,6-7H2,1-4H3/t8-,11+/m1/s1. The molecule has 0 aromatic carbocycles. The first-order valence-electron chi connectivity index (χ1n) is 6.35. The van der Waals surface area contributed by atoms with Crippen LogP contribution in [0.25, 0.3) is 0 Å². The van der Waals surface area contributed by atoms with Gasteiger partial charge in [0.2, 0.25) is 0 Å².